The van der Waals surface area contributed by atoms with Gasteiger partial charge in [-0.2, -0.15) is 0 Å². The minimum atomic E-state index is -0.331. The lowest BCUT2D eigenvalue weighted by Gasteiger charge is -2.33. The molecule has 0 amide bonds. The van der Waals surface area contributed by atoms with Crippen LogP contribution in [-0.4, -0.2) is 0 Å². The van der Waals surface area contributed by atoms with Gasteiger partial charge in [-0.15, -0.1) is 0 Å². The molecule has 24 aromatic rings. The summed E-state index contributed by atoms with van der Waals surface area (Å²) >= 11 is 0. The van der Waals surface area contributed by atoms with Crippen LogP contribution in [0.5, 0.6) is 0 Å². The molecule has 0 atom stereocenters. The highest BCUT2D eigenvalue weighted by Gasteiger charge is 2.34. The zero-order valence-corrected chi connectivity index (χ0v) is 86.7. The van der Waals surface area contributed by atoms with Crippen molar-refractivity contribution in [2.24, 2.45) is 0 Å². The molecular formula is C142H112F4N4. The number of hydrogen-bond donors (Lipinski definition) is 0. The maximum atomic E-state index is 18.1. The summed E-state index contributed by atoms with van der Waals surface area (Å²) in [7, 11) is 0. The second kappa shape index (κ2) is 39.2. The van der Waals surface area contributed by atoms with E-state index >= 15 is 17.6 Å². The Kier molecular flexibility index (Phi) is 25.1. The van der Waals surface area contributed by atoms with Gasteiger partial charge < -0.3 is 19.6 Å². The number of nitrogens with zero attached hydrogens (tertiary/aromatic N) is 4. The van der Waals surface area contributed by atoms with Crippen molar-refractivity contribution in [2.45, 2.75) is 96.9 Å². The van der Waals surface area contributed by atoms with Gasteiger partial charge in [0, 0.05) is 66.5 Å². The summed E-state index contributed by atoms with van der Waals surface area (Å²) in [6.07, 6.45) is 0. The third-order valence-corrected chi connectivity index (χ3v) is 30.1. The van der Waals surface area contributed by atoms with E-state index in [1.54, 1.807) is 24.3 Å². The van der Waals surface area contributed by atoms with Gasteiger partial charge >= 0.3 is 0 Å². The van der Waals surface area contributed by atoms with Crippen molar-refractivity contribution in [1.29, 1.82) is 0 Å². The fraction of sp³-hybridized carbons (Fsp3) is 0.0986. The summed E-state index contributed by atoms with van der Waals surface area (Å²) < 4.78 is 72.1. The van der Waals surface area contributed by atoms with Crippen molar-refractivity contribution in [3.63, 3.8) is 0 Å². The van der Waals surface area contributed by atoms with E-state index < -0.39 is 0 Å². The minimum absolute atomic E-state index is 0.326. The van der Waals surface area contributed by atoms with Gasteiger partial charge in [0.1, 0.15) is 23.3 Å². The Morgan fingerprint density at radius 1 is 0.153 bits per heavy atom. The third-order valence-electron chi connectivity index (χ3n) is 30.1. The summed E-state index contributed by atoms with van der Waals surface area (Å²) in [5.41, 5.74) is 37.9. The van der Waals surface area contributed by atoms with Gasteiger partial charge in [-0.3, -0.25) is 0 Å². The standard InChI is InChI=1S/C72H58F2N2.C70H54F2N2/c1-43-14-9-19-53(35-43)57-39-61(55-21-11-16-45(3)37-55)71(63(73)41-57)75(65-31-24-47(5)34-49(65)7)67-32-27-51-26-30-60-68(33-28-52-25-29-59(67)69(51)70(52)60)76(66-23-13-18-48(6)50(66)8)72-62(56-22-12-17-46(4)38-56)40-58(42-64(72)74)54-20-10-15-44(2)36-54;1-43-19-27-57(28-20-43)73(69-61(53-17-9-13-47(5)37-53)39-55(41-63(69)71)51-15-7-11-45(3)35-51)65-33-25-49-24-32-60-66(34-26-50-23-31-59(65)67(49)68(50)60)74(58-29-21-44(2)22-30-58)70-62(54-18-10-14-48(6)38-54)40-56(42-64(70)72)52-16-8-12-46(4)36-52/h9-42H,1-8H3;7-42H,1-6H3. The van der Waals surface area contributed by atoms with Crippen LogP contribution < -0.4 is 19.6 Å². The van der Waals surface area contributed by atoms with Crippen LogP contribution in [0.4, 0.5) is 85.8 Å². The predicted molar refractivity (Wildman–Crippen MR) is 629 cm³/mol. The number of anilines is 12. The lowest BCUT2D eigenvalue weighted by Crippen LogP contribution is -2.16. The van der Waals surface area contributed by atoms with Gasteiger partial charge in [-0.1, -0.05) is 377 Å². The second-order valence-corrected chi connectivity index (χ2v) is 41.1. The summed E-state index contributed by atoms with van der Waals surface area (Å²) in [5, 5.41) is 12.3. The minimum Gasteiger partial charge on any atom is -0.307 e. The highest BCUT2D eigenvalue weighted by Crippen LogP contribution is 2.57. The highest BCUT2D eigenvalue weighted by molar-refractivity contribution is 6.30. The predicted octanol–water partition coefficient (Wildman–Crippen LogP) is 41.3. The fourth-order valence-electron chi connectivity index (χ4n) is 22.7. The first-order valence-electron chi connectivity index (χ1n) is 51.5. The molecule has 0 N–H and O–H groups in total. The summed E-state index contributed by atoms with van der Waals surface area (Å²) in [4.78, 5) is 8.52. The largest absolute Gasteiger partial charge is 0.307 e. The number of benzene rings is 24. The smallest absolute Gasteiger partial charge is 0.148 e. The summed E-state index contributed by atoms with van der Waals surface area (Å²) in [6.45, 7) is 29.2. The van der Waals surface area contributed by atoms with Crippen LogP contribution in [0, 0.1) is 120 Å². The SMILES string of the molecule is Cc1ccc(N(c2c(F)cc(-c3cccc(C)c3)cc2-c2cccc(C)c2)c2ccc3ccc4c(N(c5ccc(C)cc5)c5c(F)cc(-c6cccc(C)c6)cc5-c5cccc(C)c5)ccc5ccc2c3c54)cc1.Cc1cccc(-c2cc(F)c(N(c3ccc(C)cc3C)c3ccc4ccc5c(N(c6cccc(C)c6C)c6c(F)cc(-c7cccc(C)c7)cc6-c6cccc(C)c6)ccc6ccc3c4c65)c(-c3cccc(C)c3)c2)c1. The molecule has 728 valence electrons. The Morgan fingerprint density at radius 3 is 0.660 bits per heavy atom. The molecule has 0 aliphatic heterocycles. The third kappa shape index (κ3) is 17.8. The molecule has 0 radical (unpaired) electrons. The van der Waals surface area contributed by atoms with Gasteiger partial charge in [0.2, 0.25) is 0 Å². The number of halogens is 4. The lowest BCUT2D eigenvalue weighted by atomic mass is 9.90. The molecule has 0 unspecified atom stereocenters. The van der Waals surface area contributed by atoms with Crippen LogP contribution in [0.25, 0.3) is 154 Å². The van der Waals surface area contributed by atoms with Gasteiger partial charge in [-0.25, -0.2) is 17.6 Å². The highest BCUT2D eigenvalue weighted by atomic mass is 19.1. The second-order valence-electron chi connectivity index (χ2n) is 41.1. The first-order valence-corrected chi connectivity index (χ1v) is 51.5. The molecule has 0 aliphatic rings. The lowest BCUT2D eigenvalue weighted by molar-refractivity contribution is 0.629. The van der Waals surface area contributed by atoms with Crippen molar-refractivity contribution in [3.05, 3.63) is 526 Å². The Bertz CT molecular complexity index is 9190. The Balaban J connectivity index is 0.000000164. The molecule has 150 heavy (non-hydrogen) atoms. The van der Waals surface area contributed by atoms with Gasteiger partial charge in [0.05, 0.1) is 45.5 Å². The first kappa shape index (κ1) is 95.8. The molecule has 0 saturated carbocycles. The first-order chi connectivity index (χ1) is 72.7. The average Bonchev–Trinajstić information content (AvgIpc) is 0.712. The quantitative estimate of drug-likeness (QED) is 0.0557. The van der Waals surface area contributed by atoms with Gasteiger partial charge in [0.15, 0.2) is 0 Å². The van der Waals surface area contributed by atoms with Gasteiger partial charge in [0.25, 0.3) is 0 Å². The Hall–Kier alpha value is -17.7. The molecule has 0 heterocycles. The normalized spacial score (nSPS) is 11.5. The number of hydrogen-bond acceptors (Lipinski definition) is 4. The number of aryl methyl sites for hydroxylation is 13. The summed E-state index contributed by atoms with van der Waals surface area (Å²) in [6, 6.07) is 146. The van der Waals surface area contributed by atoms with E-state index in [1.807, 2.05) is 48.5 Å². The molecule has 8 heteroatoms. The van der Waals surface area contributed by atoms with E-state index in [4.69, 9.17) is 0 Å². The van der Waals surface area contributed by atoms with E-state index in [2.05, 4.69) is 468 Å². The molecule has 0 aliphatic carbocycles. The zero-order valence-electron chi connectivity index (χ0n) is 86.7. The van der Waals surface area contributed by atoms with Crippen LogP contribution in [0.15, 0.2) is 425 Å². The Labute approximate surface area is 875 Å². The molecule has 0 spiro atoms. The molecular weight excluding hydrogens is 1840 g/mol. The molecule has 24 aromatic carbocycles. The Morgan fingerprint density at radius 2 is 0.380 bits per heavy atom. The van der Waals surface area contributed by atoms with E-state index in [-0.39, 0.29) is 23.3 Å². The van der Waals surface area contributed by atoms with Crippen molar-refractivity contribution in [2.75, 3.05) is 19.6 Å². The number of rotatable bonds is 20. The van der Waals surface area contributed by atoms with Gasteiger partial charge in [-0.05, 0) is 333 Å². The fourth-order valence-corrected chi connectivity index (χ4v) is 22.7. The molecule has 0 aromatic heterocycles. The van der Waals surface area contributed by atoms with Crippen molar-refractivity contribution in [3.8, 4) is 89.0 Å². The average molecular weight is 1950 g/mol. The van der Waals surface area contributed by atoms with Crippen LogP contribution >= 0.6 is 0 Å². The maximum absolute atomic E-state index is 18.1. The molecule has 24 rings (SSSR count). The molecule has 0 fully saturated rings. The van der Waals surface area contributed by atoms with Crippen molar-refractivity contribution < 1.29 is 17.6 Å². The van der Waals surface area contributed by atoms with Crippen molar-refractivity contribution >= 4 is 133 Å². The van der Waals surface area contributed by atoms with Crippen LogP contribution in [0.3, 0.4) is 0 Å². The van der Waals surface area contributed by atoms with E-state index in [0.717, 1.165) is 277 Å². The molecule has 4 nitrogen and oxygen atoms in total. The topological polar surface area (TPSA) is 13.0 Å². The molecule has 0 saturated heterocycles. The van der Waals surface area contributed by atoms with Crippen LogP contribution in [0.2, 0.25) is 0 Å². The van der Waals surface area contributed by atoms with Crippen LogP contribution in [-0.2, 0) is 0 Å². The van der Waals surface area contributed by atoms with E-state index in [9.17, 15) is 0 Å². The van der Waals surface area contributed by atoms with E-state index in [1.165, 1.54) is 0 Å². The van der Waals surface area contributed by atoms with Crippen LogP contribution in [0.1, 0.15) is 77.9 Å². The molecule has 0 bridgehead atoms. The monoisotopic (exact) mass is 1950 g/mol. The maximum Gasteiger partial charge on any atom is 0.148 e. The van der Waals surface area contributed by atoms with E-state index in [0.29, 0.717) is 22.7 Å². The summed E-state index contributed by atoms with van der Waals surface area (Å²) in [5.74, 6) is -1.31. The zero-order chi connectivity index (χ0) is 103. The van der Waals surface area contributed by atoms with Crippen molar-refractivity contribution in [1.82, 2.24) is 0 Å².